The Balaban J connectivity index is -0.000000345. The molecule has 0 radical (unpaired) electrons. The number of hydrogen-bond acceptors (Lipinski definition) is 4. The monoisotopic (exact) mass is 935 g/mol. The molecule has 3 aliphatic rings. The first-order valence-electron chi connectivity index (χ1n) is 25.7. The van der Waals surface area contributed by atoms with E-state index in [1.54, 1.807) is 13.0 Å². The number of benzene rings is 1. The van der Waals surface area contributed by atoms with E-state index in [1.165, 1.54) is 45.4 Å². The minimum Gasteiger partial charge on any atom is -0.365 e. The van der Waals surface area contributed by atoms with Crippen molar-refractivity contribution >= 4 is 5.69 Å². The second-order valence-electron chi connectivity index (χ2n) is 14.0. The van der Waals surface area contributed by atoms with Gasteiger partial charge in [0.15, 0.2) is 0 Å². The van der Waals surface area contributed by atoms with Crippen LogP contribution < -0.4 is 15.5 Å². The van der Waals surface area contributed by atoms with Gasteiger partial charge < -0.3 is 20.4 Å². The summed E-state index contributed by atoms with van der Waals surface area (Å²) in [6, 6.07) is 10.5. The standard InChI is InChI=1S/C34H45N3.C10H11N.C6H11F.C3H6.5C2H6/c1-9-12-19-25-35-28(5)20-17-18-23-33-27(4)26-29(6)37(34(24-13-10-2)32(33)11-3)30(7)36(8)31-21-15-14-16-22-31;1-8-4-3-7-11-10-6-2-5-9(8)10;1-3-5-6(7)4-2;1-3-2;5*1-2/h9,11-17,19-22,24-26,30,33,35H,3,5-6,10,18,23H2,1-2,4,7-8H3;2-3,5,7,11H,1,4,6H2;4H,3,5H2,1-2H3;3H,1H2,2H3;5*1-2H3/b12-9-,20-17-,24-13-,25-19-;;6-4+;;;;;;. The summed E-state index contributed by atoms with van der Waals surface area (Å²) < 4.78 is 12.0. The number of anilines is 1. The summed E-state index contributed by atoms with van der Waals surface area (Å²) in [5.74, 6) is 0.257. The molecule has 0 bridgehead atoms. The van der Waals surface area contributed by atoms with Crippen LogP contribution >= 0.6 is 0 Å². The Morgan fingerprint density at radius 3 is 2.03 bits per heavy atom. The van der Waals surface area contributed by atoms with Crippen molar-refractivity contribution in [3.63, 3.8) is 0 Å². The van der Waals surface area contributed by atoms with Crippen molar-refractivity contribution in [2.24, 2.45) is 5.92 Å². The highest BCUT2D eigenvalue weighted by Gasteiger charge is 2.29. The van der Waals surface area contributed by atoms with E-state index >= 15 is 0 Å². The van der Waals surface area contributed by atoms with Crippen LogP contribution in [0, 0.1) is 5.92 Å². The largest absolute Gasteiger partial charge is 0.365 e. The quantitative estimate of drug-likeness (QED) is 0.136. The van der Waals surface area contributed by atoms with Gasteiger partial charge in [0.1, 0.15) is 6.17 Å². The van der Waals surface area contributed by atoms with E-state index in [-0.39, 0.29) is 17.9 Å². The van der Waals surface area contributed by atoms with Crippen molar-refractivity contribution in [1.29, 1.82) is 0 Å². The molecule has 5 heteroatoms. The van der Waals surface area contributed by atoms with Crippen molar-refractivity contribution in [2.45, 2.75) is 169 Å². The van der Waals surface area contributed by atoms with Crippen molar-refractivity contribution in [3.8, 4) is 0 Å². The van der Waals surface area contributed by atoms with Gasteiger partial charge in [0.05, 0.1) is 5.83 Å². The summed E-state index contributed by atoms with van der Waals surface area (Å²) in [7, 11) is 2.14. The van der Waals surface area contributed by atoms with Gasteiger partial charge in [-0.2, -0.15) is 0 Å². The zero-order valence-corrected chi connectivity index (χ0v) is 47.0. The Kier molecular flexibility index (Phi) is 53.4. The van der Waals surface area contributed by atoms with E-state index in [4.69, 9.17) is 0 Å². The molecule has 0 aromatic heterocycles. The Morgan fingerprint density at radius 2 is 1.51 bits per heavy atom. The predicted octanol–water partition coefficient (Wildman–Crippen LogP) is 20.0. The van der Waals surface area contributed by atoms with E-state index in [0.29, 0.717) is 6.42 Å². The van der Waals surface area contributed by atoms with Crippen molar-refractivity contribution in [1.82, 2.24) is 15.5 Å². The summed E-state index contributed by atoms with van der Waals surface area (Å²) in [5.41, 5.74) is 10.6. The zero-order chi connectivity index (χ0) is 53.3. The predicted molar refractivity (Wildman–Crippen MR) is 313 cm³/mol. The first-order valence-corrected chi connectivity index (χ1v) is 25.7. The van der Waals surface area contributed by atoms with Crippen LogP contribution in [0.25, 0.3) is 0 Å². The molecule has 0 fully saturated rings. The van der Waals surface area contributed by atoms with Crippen molar-refractivity contribution < 1.29 is 4.39 Å². The molecular weight excluding hydrogens is 832 g/mol. The van der Waals surface area contributed by atoms with Gasteiger partial charge in [-0.05, 0) is 132 Å². The molecule has 1 aromatic rings. The zero-order valence-electron chi connectivity index (χ0n) is 47.0. The fourth-order valence-electron chi connectivity index (χ4n) is 6.37. The van der Waals surface area contributed by atoms with Crippen LogP contribution in [0.15, 0.2) is 212 Å². The lowest BCUT2D eigenvalue weighted by molar-refractivity contribution is 0.345. The smallest absolute Gasteiger partial charge is 0.103 e. The molecule has 4 nitrogen and oxygen atoms in total. The van der Waals surface area contributed by atoms with E-state index < -0.39 is 0 Å². The summed E-state index contributed by atoms with van der Waals surface area (Å²) in [6.07, 6.45) is 38.9. The maximum Gasteiger partial charge on any atom is 0.103 e. The average molecular weight is 936 g/mol. The minimum absolute atomic E-state index is 0.00231. The van der Waals surface area contributed by atoms with Gasteiger partial charge in [-0.3, -0.25) is 0 Å². The third-order valence-corrected chi connectivity index (χ3v) is 9.48. The second-order valence-corrected chi connectivity index (χ2v) is 14.0. The highest BCUT2D eigenvalue weighted by Crippen LogP contribution is 2.38. The lowest BCUT2D eigenvalue weighted by atomic mass is 9.86. The van der Waals surface area contributed by atoms with Gasteiger partial charge >= 0.3 is 0 Å². The van der Waals surface area contributed by atoms with Crippen molar-refractivity contribution in [2.75, 3.05) is 11.9 Å². The molecule has 0 spiro atoms. The van der Waals surface area contributed by atoms with Crippen LogP contribution in [0.3, 0.4) is 0 Å². The maximum atomic E-state index is 12.0. The van der Waals surface area contributed by atoms with Crippen LogP contribution in [0.5, 0.6) is 0 Å². The SMILES string of the molecule is C/C=C(/F)CCC.C=C1CC=CNC2=C1C=CC2.C=CC.C=CC1=C(/C=C\CC)N(C(C)N(C)c2ccccc2)C(=C)C=C(C)C1CC/C=C\C(=C)N/C=C\C=C/C.CC.CC.CC.CC.CC. The summed E-state index contributed by atoms with van der Waals surface area (Å²) in [5, 5.41) is 6.44. The molecule has 382 valence electrons. The molecule has 0 saturated heterocycles. The normalized spacial score (nSPS) is 15.0. The fourth-order valence-corrected chi connectivity index (χ4v) is 6.37. The third kappa shape index (κ3) is 30.7. The van der Waals surface area contributed by atoms with Gasteiger partial charge in [-0.1, -0.05) is 194 Å². The molecule has 2 atom stereocenters. The van der Waals surface area contributed by atoms with Gasteiger partial charge in [0.25, 0.3) is 0 Å². The number of nitrogens with one attached hydrogen (secondary N) is 2. The fraction of sp³-hybridized carbons (Fsp3) is 0.429. The number of allylic oxidation sites excluding steroid dienone is 19. The summed E-state index contributed by atoms with van der Waals surface area (Å²) in [4.78, 5) is 4.64. The molecule has 1 aliphatic carbocycles. The molecule has 2 N–H and O–H groups in total. The first-order chi connectivity index (χ1) is 32.9. The number of nitrogens with zero attached hydrogens (tertiary/aromatic N) is 2. The van der Waals surface area contributed by atoms with Gasteiger partial charge in [0.2, 0.25) is 0 Å². The van der Waals surface area contributed by atoms with Gasteiger partial charge in [-0.15, -0.1) is 6.58 Å². The van der Waals surface area contributed by atoms with E-state index in [1.807, 2.05) is 133 Å². The molecule has 0 saturated carbocycles. The third-order valence-electron chi connectivity index (χ3n) is 9.48. The number of hydrogen-bond donors (Lipinski definition) is 2. The van der Waals surface area contributed by atoms with Crippen LogP contribution in [0.1, 0.15) is 163 Å². The second kappa shape index (κ2) is 50.9. The van der Waals surface area contributed by atoms with Crippen LogP contribution in [0.2, 0.25) is 0 Å². The van der Waals surface area contributed by atoms with Gasteiger partial charge in [-0.25, -0.2) is 4.39 Å². The molecule has 4 rings (SSSR count). The highest BCUT2D eigenvalue weighted by atomic mass is 19.1. The molecule has 68 heavy (non-hydrogen) atoms. The number of para-hydroxylation sites is 1. The van der Waals surface area contributed by atoms with Crippen molar-refractivity contribution in [3.05, 3.63) is 212 Å². The highest BCUT2D eigenvalue weighted by molar-refractivity contribution is 5.50. The Labute approximate surface area is 422 Å². The molecule has 2 unspecified atom stereocenters. The van der Waals surface area contributed by atoms with Crippen LogP contribution in [-0.4, -0.2) is 18.1 Å². The van der Waals surface area contributed by atoms with Crippen LogP contribution in [0.4, 0.5) is 10.1 Å². The van der Waals surface area contributed by atoms with E-state index in [9.17, 15) is 4.39 Å². The first kappa shape index (κ1) is 71.4. The topological polar surface area (TPSA) is 30.5 Å². The lowest BCUT2D eigenvalue weighted by Crippen LogP contribution is -2.43. The van der Waals surface area contributed by atoms with Gasteiger partial charge in [0, 0.05) is 54.1 Å². The Bertz CT molecular complexity index is 1790. The maximum absolute atomic E-state index is 12.0. The molecule has 2 aliphatic heterocycles. The lowest BCUT2D eigenvalue weighted by Gasteiger charge is -2.39. The molecule has 2 heterocycles. The van der Waals surface area contributed by atoms with E-state index in [2.05, 4.69) is 154 Å². The minimum atomic E-state index is 0.00231. The summed E-state index contributed by atoms with van der Waals surface area (Å²) in [6.45, 7) is 54.4. The summed E-state index contributed by atoms with van der Waals surface area (Å²) >= 11 is 0. The Morgan fingerprint density at radius 1 is 0.912 bits per heavy atom. The molecule has 1 aromatic carbocycles. The van der Waals surface area contributed by atoms with Crippen LogP contribution in [-0.2, 0) is 0 Å². The van der Waals surface area contributed by atoms with E-state index in [0.717, 1.165) is 49.9 Å². The Hall–Kier alpha value is -5.55. The average Bonchev–Trinajstić information content (AvgIpc) is 3.75. The molecular formula is C63H103FN4. The number of rotatable bonds is 15. The number of halogens is 1. The molecule has 0 amide bonds.